The van der Waals surface area contributed by atoms with E-state index < -0.39 is 0 Å². The first-order chi connectivity index (χ1) is 8.72. The third-order valence-corrected chi connectivity index (χ3v) is 5.10. The van der Waals surface area contributed by atoms with Crippen molar-refractivity contribution in [1.29, 1.82) is 0 Å². The van der Waals surface area contributed by atoms with E-state index in [0.29, 0.717) is 10.5 Å². The van der Waals surface area contributed by atoms with Crippen LogP contribution in [-0.2, 0) is 0 Å². The highest BCUT2D eigenvalue weighted by atomic mass is 32.1. The Morgan fingerprint density at radius 3 is 1.50 bits per heavy atom. The minimum Gasteiger partial charge on any atom is -0.175 e. The average molecular weight is 291 g/mol. The van der Waals surface area contributed by atoms with Crippen LogP contribution in [0.3, 0.4) is 0 Å². The number of rotatable bonds is 13. The highest BCUT2D eigenvalue weighted by Gasteiger charge is 2.12. The molecule has 0 spiro atoms. The summed E-state index contributed by atoms with van der Waals surface area (Å²) < 4.78 is 0. The number of unbranched alkanes of at least 4 members (excludes halogenated alkanes) is 8. The van der Waals surface area contributed by atoms with E-state index in [2.05, 4.69) is 39.1 Å². The van der Waals surface area contributed by atoms with Gasteiger partial charge < -0.3 is 0 Å². The highest BCUT2D eigenvalue weighted by molar-refractivity contribution is 7.85. The second kappa shape index (κ2) is 14.1. The van der Waals surface area contributed by atoms with Gasteiger partial charge in [0.1, 0.15) is 0 Å². The molecule has 0 radical (unpaired) electrons. The summed E-state index contributed by atoms with van der Waals surface area (Å²) in [6, 6.07) is 0. The van der Waals surface area contributed by atoms with E-state index in [1.165, 1.54) is 77.0 Å². The normalized spacial score (nSPS) is 14.7. The molecular weight excluding hydrogens is 256 g/mol. The van der Waals surface area contributed by atoms with Gasteiger partial charge in [0, 0.05) is 10.5 Å². The first-order valence-corrected chi connectivity index (χ1v) is 9.11. The van der Waals surface area contributed by atoms with Crippen LogP contribution in [0.4, 0.5) is 0 Å². The van der Waals surface area contributed by atoms with Crippen molar-refractivity contribution in [3.63, 3.8) is 0 Å². The molecule has 0 bridgehead atoms. The maximum atomic E-state index is 4.66. The van der Waals surface area contributed by atoms with E-state index >= 15 is 0 Å². The van der Waals surface area contributed by atoms with Crippen molar-refractivity contribution in [2.24, 2.45) is 0 Å². The van der Waals surface area contributed by atoms with Gasteiger partial charge in [-0.3, -0.25) is 0 Å². The number of hydrogen-bond donors (Lipinski definition) is 2. The van der Waals surface area contributed by atoms with E-state index in [9.17, 15) is 0 Å². The molecule has 0 aliphatic heterocycles. The van der Waals surface area contributed by atoms with E-state index in [4.69, 9.17) is 0 Å². The zero-order chi connectivity index (χ0) is 13.6. The van der Waals surface area contributed by atoms with Gasteiger partial charge in [-0.05, 0) is 12.8 Å². The van der Waals surface area contributed by atoms with Gasteiger partial charge >= 0.3 is 0 Å². The molecule has 0 aliphatic rings. The smallest absolute Gasteiger partial charge is 0.0133 e. The Hall–Kier alpha value is 0.700. The van der Waals surface area contributed by atoms with Crippen molar-refractivity contribution in [3.8, 4) is 0 Å². The zero-order valence-electron chi connectivity index (χ0n) is 12.5. The molecule has 0 saturated carbocycles. The van der Waals surface area contributed by atoms with Crippen LogP contribution in [-0.4, -0.2) is 10.5 Å². The predicted octanol–water partition coefficient (Wildman–Crippen LogP) is 6.30. The molecule has 0 N–H and O–H groups in total. The summed E-state index contributed by atoms with van der Waals surface area (Å²) in [5.41, 5.74) is 0. The Morgan fingerprint density at radius 2 is 1.00 bits per heavy atom. The standard InChI is InChI=1S/C16H34S2/c1-3-5-6-7-8-9-10-11-12-14-16(18)15(17)13-4-2/h15-18H,3-14H2,1-2H3. The van der Waals surface area contributed by atoms with Gasteiger partial charge in [-0.2, -0.15) is 25.3 Å². The molecule has 0 rings (SSSR count). The monoisotopic (exact) mass is 290 g/mol. The fourth-order valence-electron chi connectivity index (χ4n) is 2.34. The Kier molecular flexibility index (Phi) is 14.7. The molecule has 0 aromatic rings. The van der Waals surface area contributed by atoms with E-state index in [1.807, 2.05) is 0 Å². The Labute approximate surface area is 127 Å². The van der Waals surface area contributed by atoms with Crippen LogP contribution in [0.15, 0.2) is 0 Å². The lowest BCUT2D eigenvalue weighted by molar-refractivity contribution is 0.547. The summed E-state index contributed by atoms with van der Waals surface area (Å²) in [6.07, 6.45) is 16.3. The quantitative estimate of drug-likeness (QED) is 0.288. The van der Waals surface area contributed by atoms with Gasteiger partial charge in [0.15, 0.2) is 0 Å². The van der Waals surface area contributed by atoms with Crippen molar-refractivity contribution in [2.75, 3.05) is 0 Å². The summed E-state index contributed by atoms with van der Waals surface area (Å²) >= 11 is 9.28. The third kappa shape index (κ3) is 11.8. The lowest BCUT2D eigenvalue weighted by Crippen LogP contribution is -2.14. The predicted molar refractivity (Wildman–Crippen MR) is 92.3 cm³/mol. The minimum atomic E-state index is 0.493. The molecule has 0 heterocycles. The first-order valence-electron chi connectivity index (χ1n) is 8.08. The largest absolute Gasteiger partial charge is 0.175 e. The topological polar surface area (TPSA) is 0 Å². The van der Waals surface area contributed by atoms with Crippen molar-refractivity contribution in [2.45, 2.75) is 101 Å². The Balaban J connectivity index is 3.19. The zero-order valence-corrected chi connectivity index (χ0v) is 14.3. The van der Waals surface area contributed by atoms with Crippen LogP contribution in [0.5, 0.6) is 0 Å². The first kappa shape index (κ1) is 18.7. The molecular formula is C16H34S2. The molecule has 2 heteroatoms. The minimum absolute atomic E-state index is 0.493. The van der Waals surface area contributed by atoms with Crippen LogP contribution in [0.25, 0.3) is 0 Å². The van der Waals surface area contributed by atoms with Crippen molar-refractivity contribution < 1.29 is 0 Å². The SMILES string of the molecule is CCCCCCCCCCCC(S)C(S)CCC. The molecule has 0 aromatic carbocycles. The van der Waals surface area contributed by atoms with Crippen LogP contribution in [0.1, 0.15) is 90.9 Å². The summed E-state index contributed by atoms with van der Waals surface area (Å²) in [6.45, 7) is 4.50. The lowest BCUT2D eigenvalue weighted by Gasteiger charge is -2.17. The molecule has 0 nitrogen and oxygen atoms in total. The van der Waals surface area contributed by atoms with Gasteiger partial charge in [0.05, 0.1) is 0 Å². The maximum absolute atomic E-state index is 4.66. The molecule has 0 fully saturated rings. The summed E-state index contributed by atoms with van der Waals surface area (Å²) in [5.74, 6) is 0. The molecule has 0 aliphatic carbocycles. The molecule has 0 aromatic heterocycles. The Morgan fingerprint density at radius 1 is 0.556 bits per heavy atom. The number of thiol groups is 2. The van der Waals surface area contributed by atoms with Crippen LogP contribution < -0.4 is 0 Å². The molecule has 0 amide bonds. The fourth-order valence-corrected chi connectivity index (χ4v) is 3.08. The van der Waals surface area contributed by atoms with E-state index in [-0.39, 0.29) is 0 Å². The number of hydrogen-bond acceptors (Lipinski definition) is 2. The maximum Gasteiger partial charge on any atom is 0.0133 e. The van der Waals surface area contributed by atoms with Gasteiger partial charge in [-0.25, -0.2) is 0 Å². The second-order valence-electron chi connectivity index (χ2n) is 5.54. The van der Waals surface area contributed by atoms with E-state index in [1.54, 1.807) is 0 Å². The van der Waals surface area contributed by atoms with Crippen molar-refractivity contribution in [3.05, 3.63) is 0 Å². The fraction of sp³-hybridized carbons (Fsp3) is 1.00. The van der Waals surface area contributed by atoms with Crippen molar-refractivity contribution in [1.82, 2.24) is 0 Å². The van der Waals surface area contributed by atoms with Crippen molar-refractivity contribution >= 4 is 25.3 Å². The van der Waals surface area contributed by atoms with Crippen LogP contribution in [0, 0.1) is 0 Å². The molecule has 2 unspecified atom stereocenters. The van der Waals surface area contributed by atoms with Crippen LogP contribution >= 0.6 is 25.3 Å². The van der Waals surface area contributed by atoms with Gasteiger partial charge in [-0.15, -0.1) is 0 Å². The van der Waals surface area contributed by atoms with E-state index in [0.717, 1.165) is 0 Å². The molecule has 2 atom stereocenters. The lowest BCUT2D eigenvalue weighted by atomic mass is 10.0. The van der Waals surface area contributed by atoms with Gasteiger partial charge in [0.25, 0.3) is 0 Å². The Bertz CT molecular complexity index is 159. The van der Waals surface area contributed by atoms with Gasteiger partial charge in [-0.1, -0.05) is 78.1 Å². The highest BCUT2D eigenvalue weighted by Crippen LogP contribution is 2.20. The third-order valence-electron chi connectivity index (χ3n) is 3.63. The molecule has 18 heavy (non-hydrogen) atoms. The summed E-state index contributed by atoms with van der Waals surface area (Å²) in [4.78, 5) is 0. The summed E-state index contributed by atoms with van der Waals surface area (Å²) in [5, 5.41) is 0.991. The summed E-state index contributed by atoms with van der Waals surface area (Å²) in [7, 11) is 0. The second-order valence-corrected chi connectivity index (χ2v) is 6.87. The molecule has 0 saturated heterocycles. The average Bonchev–Trinajstić information content (AvgIpc) is 2.36. The molecule has 110 valence electrons. The van der Waals surface area contributed by atoms with Gasteiger partial charge in [0.2, 0.25) is 0 Å². The van der Waals surface area contributed by atoms with Crippen LogP contribution in [0.2, 0.25) is 0 Å².